The summed E-state index contributed by atoms with van der Waals surface area (Å²) in [4.78, 5) is 0. The highest BCUT2D eigenvalue weighted by Gasteiger charge is 2.35. The van der Waals surface area contributed by atoms with Crippen molar-refractivity contribution in [2.75, 3.05) is 0 Å². The van der Waals surface area contributed by atoms with Gasteiger partial charge in [-0.05, 0) is 37.0 Å². The topological polar surface area (TPSA) is 0 Å². The summed E-state index contributed by atoms with van der Waals surface area (Å²) in [7, 11) is 0. The Morgan fingerprint density at radius 1 is 0.500 bits per heavy atom. The molecule has 1 unspecified atom stereocenters. The molecular weight excluding hydrogens is 264 g/mol. The van der Waals surface area contributed by atoms with Crippen molar-refractivity contribution >= 4 is 0 Å². The largest absolute Gasteiger partial charge is 0.0654 e. The van der Waals surface area contributed by atoms with Crippen molar-refractivity contribution in [2.45, 2.75) is 131 Å². The van der Waals surface area contributed by atoms with Gasteiger partial charge in [-0.2, -0.15) is 0 Å². The minimum absolute atomic E-state index is 0.664. The van der Waals surface area contributed by atoms with E-state index < -0.39 is 0 Å². The molecule has 0 radical (unpaired) electrons. The van der Waals surface area contributed by atoms with E-state index in [1.807, 2.05) is 0 Å². The summed E-state index contributed by atoms with van der Waals surface area (Å²) in [6.07, 6.45) is 21.5. The van der Waals surface area contributed by atoms with Crippen molar-refractivity contribution < 1.29 is 0 Å². The average Bonchev–Trinajstić information content (AvgIpc) is 2.50. The van der Waals surface area contributed by atoms with Crippen molar-refractivity contribution in [3.8, 4) is 0 Å². The molecule has 0 saturated carbocycles. The quantitative estimate of drug-likeness (QED) is 0.250. The molecule has 134 valence electrons. The van der Waals surface area contributed by atoms with E-state index in [2.05, 4.69) is 34.6 Å². The molecule has 0 bridgehead atoms. The molecule has 1 atom stereocenters. The molecule has 0 fully saturated rings. The van der Waals surface area contributed by atoms with Crippen LogP contribution in [-0.4, -0.2) is 0 Å². The van der Waals surface area contributed by atoms with Crippen LogP contribution in [-0.2, 0) is 0 Å². The Kier molecular flexibility index (Phi) is 14.6. The predicted octanol–water partition coefficient (Wildman–Crippen LogP) is 8.54. The zero-order valence-corrected chi connectivity index (χ0v) is 16.7. The first-order valence-electron chi connectivity index (χ1n) is 10.7. The third-order valence-electron chi connectivity index (χ3n) is 5.65. The Bertz CT molecular complexity index is 201. The summed E-state index contributed by atoms with van der Waals surface area (Å²) in [6, 6.07) is 0. The summed E-state index contributed by atoms with van der Waals surface area (Å²) >= 11 is 0. The Morgan fingerprint density at radius 3 is 1.45 bits per heavy atom. The summed E-state index contributed by atoms with van der Waals surface area (Å²) in [6.45, 7) is 11.9. The highest BCUT2D eigenvalue weighted by molar-refractivity contribution is 4.86. The molecule has 0 nitrogen and oxygen atoms in total. The Balaban J connectivity index is 4.58. The molecule has 0 N–H and O–H groups in total. The van der Waals surface area contributed by atoms with Crippen molar-refractivity contribution in [3.63, 3.8) is 0 Å². The third-order valence-corrected chi connectivity index (χ3v) is 5.65. The van der Waals surface area contributed by atoms with E-state index in [0.29, 0.717) is 5.41 Å². The molecule has 0 heterocycles. The number of hydrogen-bond donors (Lipinski definition) is 0. The van der Waals surface area contributed by atoms with Crippen LogP contribution in [0.3, 0.4) is 0 Å². The van der Waals surface area contributed by atoms with Crippen LogP contribution in [0.1, 0.15) is 131 Å². The standard InChI is InChI=1S/C22H46/c1-6-11-12-13-14-15-17-21(16-7-2)22(18-8-3,19-9-4)20-10-5/h21H,6-20H2,1-5H3. The van der Waals surface area contributed by atoms with Crippen LogP contribution in [0.15, 0.2) is 0 Å². The van der Waals surface area contributed by atoms with E-state index in [1.54, 1.807) is 0 Å². The molecule has 22 heavy (non-hydrogen) atoms. The lowest BCUT2D eigenvalue weighted by molar-refractivity contribution is 0.0909. The second-order valence-corrected chi connectivity index (χ2v) is 7.65. The van der Waals surface area contributed by atoms with Crippen LogP contribution in [0.5, 0.6) is 0 Å². The molecule has 0 aromatic rings. The highest BCUT2D eigenvalue weighted by Crippen LogP contribution is 2.46. The van der Waals surface area contributed by atoms with Gasteiger partial charge in [0.25, 0.3) is 0 Å². The van der Waals surface area contributed by atoms with E-state index in [4.69, 9.17) is 0 Å². The van der Waals surface area contributed by atoms with Gasteiger partial charge < -0.3 is 0 Å². The molecule has 0 aliphatic heterocycles. The van der Waals surface area contributed by atoms with Crippen LogP contribution < -0.4 is 0 Å². The summed E-state index contributed by atoms with van der Waals surface area (Å²) in [5, 5.41) is 0. The molecular formula is C22H46. The molecule has 0 aliphatic rings. The summed E-state index contributed by atoms with van der Waals surface area (Å²) < 4.78 is 0. The first kappa shape index (κ1) is 22.0. The van der Waals surface area contributed by atoms with Gasteiger partial charge in [0.15, 0.2) is 0 Å². The smallest absolute Gasteiger partial charge is 0.0269 e. The lowest BCUT2D eigenvalue weighted by Gasteiger charge is -2.42. The van der Waals surface area contributed by atoms with Gasteiger partial charge in [-0.3, -0.25) is 0 Å². The first-order chi connectivity index (χ1) is 10.7. The van der Waals surface area contributed by atoms with Crippen molar-refractivity contribution in [2.24, 2.45) is 11.3 Å². The molecule has 0 amide bonds. The van der Waals surface area contributed by atoms with Crippen LogP contribution in [0.4, 0.5) is 0 Å². The molecule has 0 rings (SSSR count). The normalized spacial score (nSPS) is 13.5. The lowest BCUT2D eigenvalue weighted by atomic mass is 9.63. The van der Waals surface area contributed by atoms with Crippen molar-refractivity contribution in [1.82, 2.24) is 0 Å². The zero-order chi connectivity index (χ0) is 16.7. The van der Waals surface area contributed by atoms with Crippen molar-refractivity contribution in [1.29, 1.82) is 0 Å². The fourth-order valence-electron chi connectivity index (χ4n) is 4.76. The van der Waals surface area contributed by atoms with Crippen LogP contribution in [0.2, 0.25) is 0 Å². The monoisotopic (exact) mass is 310 g/mol. The molecule has 0 aromatic heterocycles. The van der Waals surface area contributed by atoms with Crippen LogP contribution >= 0.6 is 0 Å². The maximum absolute atomic E-state index is 2.40. The third kappa shape index (κ3) is 8.59. The van der Waals surface area contributed by atoms with Gasteiger partial charge in [0, 0.05) is 0 Å². The fraction of sp³-hybridized carbons (Fsp3) is 1.00. The summed E-state index contributed by atoms with van der Waals surface area (Å²) in [5.74, 6) is 0.989. The second kappa shape index (κ2) is 14.6. The Hall–Kier alpha value is 0. The van der Waals surface area contributed by atoms with E-state index in [0.717, 1.165) is 5.92 Å². The van der Waals surface area contributed by atoms with E-state index in [9.17, 15) is 0 Å². The van der Waals surface area contributed by atoms with Gasteiger partial charge in [0.05, 0.1) is 0 Å². The molecule has 0 aliphatic carbocycles. The first-order valence-corrected chi connectivity index (χ1v) is 10.7. The molecule has 0 spiro atoms. The number of hydrogen-bond acceptors (Lipinski definition) is 0. The Morgan fingerprint density at radius 2 is 1.00 bits per heavy atom. The fourth-order valence-corrected chi connectivity index (χ4v) is 4.76. The van der Waals surface area contributed by atoms with Gasteiger partial charge in [0.2, 0.25) is 0 Å². The second-order valence-electron chi connectivity index (χ2n) is 7.65. The maximum atomic E-state index is 2.40. The van der Waals surface area contributed by atoms with Gasteiger partial charge in [-0.15, -0.1) is 0 Å². The molecule has 0 saturated heterocycles. The summed E-state index contributed by atoms with van der Waals surface area (Å²) in [5.41, 5.74) is 0.664. The SMILES string of the molecule is CCCCCCCCC(CCC)C(CCC)(CCC)CCC. The number of unbranched alkanes of at least 4 members (excludes halogenated alkanes) is 5. The Labute approximate surface area is 142 Å². The highest BCUT2D eigenvalue weighted by atomic mass is 14.4. The lowest BCUT2D eigenvalue weighted by Crippen LogP contribution is -2.31. The minimum Gasteiger partial charge on any atom is -0.0654 e. The van der Waals surface area contributed by atoms with Crippen LogP contribution in [0, 0.1) is 11.3 Å². The van der Waals surface area contributed by atoms with Gasteiger partial charge in [-0.1, -0.05) is 105 Å². The average molecular weight is 311 g/mol. The predicted molar refractivity (Wildman–Crippen MR) is 104 cm³/mol. The van der Waals surface area contributed by atoms with E-state index >= 15 is 0 Å². The molecule has 0 heteroatoms. The van der Waals surface area contributed by atoms with Crippen molar-refractivity contribution in [3.05, 3.63) is 0 Å². The van der Waals surface area contributed by atoms with E-state index in [1.165, 1.54) is 96.3 Å². The van der Waals surface area contributed by atoms with Crippen LogP contribution in [0.25, 0.3) is 0 Å². The zero-order valence-electron chi connectivity index (χ0n) is 16.7. The number of rotatable bonds is 16. The maximum Gasteiger partial charge on any atom is -0.0269 e. The van der Waals surface area contributed by atoms with Gasteiger partial charge in [-0.25, -0.2) is 0 Å². The minimum atomic E-state index is 0.664. The van der Waals surface area contributed by atoms with Gasteiger partial charge in [0.1, 0.15) is 0 Å². The van der Waals surface area contributed by atoms with Gasteiger partial charge >= 0.3 is 0 Å². The van der Waals surface area contributed by atoms with E-state index in [-0.39, 0.29) is 0 Å². The molecule has 0 aromatic carbocycles.